The van der Waals surface area contributed by atoms with E-state index < -0.39 is 11.9 Å². The predicted octanol–water partition coefficient (Wildman–Crippen LogP) is 2.59. The van der Waals surface area contributed by atoms with Gasteiger partial charge in [0.25, 0.3) is 5.91 Å². The van der Waals surface area contributed by atoms with Gasteiger partial charge in [-0.25, -0.2) is 9.59 Å². The summed E-state index contributed by atoms with van der Waals surface area (Å²) in [6, 6.07) is 11.4. The number of amides is 1. The maximum atomic E-state index is 12.8. The van der Waals surface area contributed by atoms with Crippen LogP contribution in [0.15, 0.2) is 40.9 Å². The van der Waals surface area contributed by atoms with Crippen LogP contribution in [0.3, 0.4) is 0 Å². The number of aliphatic carboxylic acids is 2. The summed E-state index contributed by atoms with van der Waals surface area (Å²) in [6.45, 7) is 3.92. The molecule has 1 aliphatic rings. The summed E-state index contributed by atoms with van der Waals surface area (Å²) in [7, 11) is 4.82. The summed E-state index contributed by atoms with van der Waals surface area (Å²) < 4.78 is 16.8. The highest BCUT2D eigenvalue weighted by molar-refractivity contribution is 9.10. The standard InChI is InChI=1S/C21H25BrN2O4.C2H2O4/c1-26-18-6-4-15(12-17(18)22)14-23-8-10-24(11-9-23)21(25)16-5-7-19(27-2)20(13-16)28-3;3-1(4)2(5)6/h4-7,12-13H,8-11,14H2,1-3H3;(H,3,4)(H,5,6). The summed E-state index contributed by atoms with van der Waals surface area (Å²) in [4.78, 5) is 35.3. The maximum Gasteiger partial charge on any atom is 0.414 e. The van der Waals surface area contributed by atoms with Crippen molar-refractivity contribution in [2.45, 2.75) is 6.54 Å². The first-order chi connectivity index (χ1) is 16.2. The van der Waals surface area contributed by atoms with Crippen molar-refractivity contribution >= 4 is 33.8 Å². The van der Waals surface area contributed by atoms with Crippen LogP contribution < -0.4 is 14.2 Å². The molecule has 1 saturated heterocycles. The Labute approximate surface area is 205 Å². The molecule has 0 spiro atoms. The highest BCUT2D eigenvalue weighted by atomic mass is 79.9. The molecule has 0 aromatic heterocycles. The third-order valence-corrected chi connectivity index (χ3v) is 5.72. The Morgan fingerprint density at radius 2 is 1.38 bits per heavy atom. The molecule has 0 aliphatic carbocycles. The molecule has 3 rings (SSSR count). The Bertz CT molecular complexity index is 1010. The molecule has 0 unspecified atom stereocenters. The van der Waals surface area contributed by atoms with Gasteiger partial charge in [0.15, 0.2) is 11.5 Å². The summed E-state index contributed by atoms with van der Waals surface area (Å²) in [6.07, 6.45) is 0. The van der Waals surface area contributed by atoms with Crippen molar-refractivity contribution in [1.82, 2.24) is 9.80 Å². The maximum absolute atomic E-state index is 12.8. The Hall–Kier alpha value is -3.31. The number of carboxylic acids is 2. The zero-order valence-electron chi connectivity index (χ0n) is 19.1. The molecular formula is C23H27BrN2O8. The number of piperazine rings is 1. The minimum Gasteiger partial charge on any atom is -0.496 e. The van der Waals surface area contributed by atoms with Gasteiger partial charge in [0.2, 0.25) is 0 Å². The summed E-state index contributed by atoms with van der Waals surface area (Å²) in [5.41, 5.74) is 1.83. The van der Waals surface area contributed by atoms with Crippen molar-refractivity contribution < 1.29 is 38.8 Å². The van der Waals surface area contributed by atoms with E-state index in [0.717, 1.165) is 29.9 Å². The lowest BCUT2D eigenvalue weighted by atomic mass is 10.1. The van der Waals surface area contributed by atoms with Gasteiger partial charge in [-0.15, -0.1) is 0 Å². The molecule has 184 valence electrons. The average molecular weight is 539 g/mol. The molecule has 0 atom stereocenters. The fraction of sp³-hybridized carbons (Fsp3) is 0.348. The fourth-order valence-electron chi connectivity index (χ4n) is 3.33. The second kappa shape index (κ2) is 12.8. The van der Waals surface area contributed by atoms with E-state index in [4.69, 9.17) is 34.0 Å². The SMILES string of the molecule is COc1ccc(CN2CCN(C(=O)c3ccc(OC)c(OC)c3)CC2)cc1Br.O=C(O)C(=O)O. The van der Waals surface area contributed by atoms with Gasteiger partial charge in [-0.2, -0.15) is 0 Å². The Morgan fingerprint density at radius 1 is 0.824 bits per heavy atom. The molecule has 2 aromatic carbocycles. The van der Waals surface area contributed by atoms with Crippen LogP contribution in [0, 0.1) is 0 Å². The predicted molar refractivity (Wildman–Crippen MR) is 127 cm³/mol. The second-order valence-corrected chi connectivity index (χ2v) is 8.07. The monoisotopic (exact) mass is 538 g/mol. The number of halogens is 1. The van der Waals surface area contributed by atoms with Gasteiger partial charge < -0.3 is 29.3 Å². The molecule has 2 N–H and O–H groups in total. The van der Waals surface area contributed by atoms with Crippen LogP contribution in [0.5, 0.6) is 17.2 Å². The molecule has 1 heterocycles. The van der Waals surface area contributed by atoms with Crippen LogP contribution in [0.25, 0.3) is 0 Å². The molecule has 10 nitrogen and oxygen atoms in total. The molecule has 0 saturated carbocycles. The third kappa shape index (κ3) is 7.35. The summed E-state index contributed by atoms with van der Waals surface area (Å²) in [5.74, 6) is -1.61. The van der Waals surface area contributed by atoms with Crippen LogP contribution in [-0.2, 0) is 16.1 Å². The van der Waals surface area contributed by atoms with E-state index in [1.165, 1.54) is 5.56 Å². The van der Waals surface area contributed by atoms with Crippen molar-refractivity contribution in [3.63, 3.8) is 0 Å². The number of methoxy groups -OCH3 is 3. The Balaban J connectivity index is 0.000000604. The molecule has 1 aliphatic heterocycles. The van der Waals surface area contributed by atoms with E-state index in [2.05, 4.69) is 33.0 Å². The van der Waals surface area contributed by atoms with Gasteiger partial charge in [-0.3, -0.25) is 9.69 Å². The lowest BCUT2D eigenvalue weighted by Gasteiger charge is -2.35. The van der Waals surface area contributed by atoms with E-state index in [0.29, 0.717) is 30.2 Å². The molecule has 0 radical (unpaired) electrons. The van der Waals surface area contributed by atoms with Gasteiger partial charge in [-0.1, -0.05) is 6.07 Å². The number of hydrogen-bond donors (Lipinski definition) is 2. The van der Waals surface area contributed by atoms with Crippen LogP contribution in [0.4, 0.5) is 0 Å². The van der Waals surface area contributed by atoms with Gasteiger partial charge >= 0.3 is 11.9 Å². The van der Waals surface area contributed by atoms with E-state index in [1.54, 1.807) is 39.5 Å². The highest BCUT2D eigenvalue weighted by Gasteiger charge is 2.23. The molecule has 11 heteroatoms. The highest BCUT2D eigenvalue weighted by Crippen LogP contribution is 2.29. The van der Waals surface area contributed by atoms with Crippen LogP contribution in [-0.4, -0.2) is 85.4 Å². The number of carbonyl (C=O) groups is 3. The number of nitrogens with zero attached hydrogens (tertiary/aromatic N) is 2. The molecular weight excluding hydrogens is 512 g/mol. The average Bonchev–Trinajstić information content (AvgIpc) is 2.84. The van der Waals surface area contributed by atoms with E-state index in [1.807, 2.05) is 11.0 Å². The number of rotatable bonds is 6. The fourth-order valence-corrected chi connectivity index (χ4v) is 3.92. The van der Waals surface area contributed by atoms with Gasteiger partial charge in [-0.05, 0) is 51.8 Å². The number of carbonyl (C=O) groups excluding carboxylic acids is 1. The van der Waals surface area contributed by atoms with Crippen molar-refractivity contribution in [3.8, 4) is 17.2 Å². The Kier molecular flexibility index (Phi) is 10.1. The third-order valence-electron chi connectivity index (χ3n) is 5.10. The van der Waals surface area contributed by atoms with Crippen LogP contribution >= 0.6 is 15.9 Å². The van der Waals surface area contributed by atoms with Crippen molar-refractivity contribution in [2.24, 2.45) is 0 Å². The number of ether oxygens (including phenoxy) is 3. The Morgan fingerprint density at radius 3 is 1.88 bits per heavy atom. The van der Waals surface area contributed by atoms with Crippen LogP contribution in [0.2, 0.25) is 0 Å². The van der Waals surface area contributed by atoms with Crippen molar-refractivity contribution in [3.05, 3.63) is 52.0 Å². The van der Waals surface area contributed by atoms with Crippen LogP contribution in [0.1, 0.15) is 15.9 Å². The normalized spacial score (nSPS) is 13.4. The number of carboxylic acid groups (broad SMARTS) is 2. The quantitative estimate of drug-likeness (QED) is 0.533. The topological polar surface area (TPSA) is 126 Å². The minimum atomic E-state index is -1.82. The van der Waals surface area contributed by atoms with Crippen molar-refractivity contribution in [2.75, 3.05) is 47.5 Å². The minimum absolute atomic E-state index is 0.0211. The summed E-state index contributed by atoms with van der Waals surface area (Å²) in [5, 5.41) is 14.8. The van der Waals surface area contributed by atoms with E-state index in [9.17, 15) is 4.79 Å². The first-order valence-electron chi connectivity index (χ1n) is 10.2. The zero-order valence-corrected chi connectivity index (χ0v) is 20.7. The van der Waals surface area contributed by atoms with E-state index in [-0.39, 0.29) is 5.91 Å². The first-order valence-corrected chi connectivity index (χ1v) is 11.0. The summed E-state index contributed by atoms with van der Waals surface area (Å²) >= 11 is 3.53. The molecule has 1 amide bonds. The number of hydrogen-bond acceptors (Lipinski definition) is 7. The second-order valence-electron chi connectivity index (χ2n) is 7.22. The largest absolute Gasteiger partial charge is 0.496 e. The number of benzene rings is 2. The molecule has 2 aromatic rings. The van der Waals surface area contributed by atoms with Crippen molar-refractivity contribution in [1.29, 1.82) is 0 Å². The molecule has 1 fully saturated rings. The van der Waals surface area contributed by atoms with E-state index >= 15 is 0 Å². The zero-order chi connectivity index (χ0) is 25.3. The van der Waals surface area contributed by atoms with Gasteiger partial charge in [0.05, 0.1) is 25.8 Å². The molecule has 0 bridgehead atoms. The lowest BCUT2D eigenvalue weighted by molar-refractivity contribution is -0.159. The smallest absolute Gasteiger partial charge is 0.414 e. The molecule has 34 heavy (non-hydrogen) atoms. The first kappa shape index (κ1) is 26.9. The van der Waals surface area contributed by atoms with Gasteiger partial charge in [0, 0.05) is 38.3 Å². The lowest BCUT2D eigenvalue weighted by Crippen LogP contribution is -2.48. The van der Waals surface area contributed by atoms with Gasteiger partial charge in [0.1, 0.15) is 5.75 Å².